The number of hydrogen-bond donors (Lipinski definition) is 1. The molecule has 0 spiro atoms. The highest BCUT2D eigenvalue weighted by Crippen LogP contribution is 2.35. The molecule has 1 aliphatic rings. The zero-order valence-corrected chi connectivity index (χ0v) is 10.4. The predicted octanol–water partition coefficient (Wildman–Crippen LogP) is 3.05. The molecule has 4 heteroatoms. The maximum Gasteiger partial charge on any atom is 0.130 e. The Morgan fingerprint density at radius 3 is 3.00 bits per heavy atom. The molecule has 2 unspecified atom stereocenters. The Kier molecular flexibility index (Phi) is 3.95. The summed E-state index contributed by atoms with van der Waals surface area (Å²) in [5, 5.41) is 9.26. The average molecular weight is 289 g/mol. The largest absolute Gasteiger partial charge is 0.396 e. The van der Waals surface area contributed by atoms with Gasteiger partial charge in [0.1, 0.15) is 5.82 Å². The smallest absolute Gasteiger partial charge is 0.130 e. The molecule has 2 atom stereocenters. The summed E-state index contributed by atoms with van der Waals surface area (Å²) in [7, 11) is 0. The molecule has 2 rings (SSSR count). The third-order valence-electron chi connectivity index (χ3n) is 2.95. The highest BCUT2D eigenvalue weighted by Gasteiger charge is 2.28. The molecule has 1 aliphatic heterocycles. The molecule has 88 valence electrons. The van der Waals surface area contributed by atoms with Crippen molar-refractivity contribution in [1.82, 2.24) is 0 Å². The fourth-order valence-electron chi connectivity index (χ4n) is 2.11. The summed E-state index contributed by atoms with van der Waals surface area (Å²) in [6, 6.07) is 4.95. The molecule has 1 aromatic carbocycles. The standard InChI is InChI=1S/C12H14BrFO2/c13-9-3-4-10(11(14)6-9)12-8(7-15)2-1-5-16-12/h3-4,6,8,12,15H,1-2,5,7H2. The van der Waals surface area contributed by atoms with E-state index in [1.165, 1.54) is 6.07 Å². The van der Waals surface area contributed by atoms with E-state index < -0.39 is 0 Å². The summed E-state index contributed by atoms with van der Waals surface area (Å²) < 4.78 is 20.0. The fraction of sp³-hybridized carbons (Fsp3) is 0.500. The SMILES string of the molecule is OCC1CCCOC1c1ccc(Br)cc1F. The molecule has 1 fully saturated rings. The second-order valence-electron chi connectivity index (χ2n) is 4.04. The topological polar surface area (TPSA) is 29.5 Å². The first-order valence-corrected chi connectivity index (χ1v) is 6.19. The lowest BCUT2D eigenvalue weighted by molar-refractivity contribution is -0.0473. The van der Waals surface area contributed by atoms with Crippen LogP contribution in [0.5, 0.6) is 0 Å². The van der Waals surface area contributed by atoms with Gasteiger partial charge in [0, 0.05) is 29.2 Å². The van der Waals surface area contributed by atoms with Gasteiger partial charge in [-0.05, 0) is 25.0 Å². The molecule has 0 radical (unpaired) electrons. The van der Waals surface area contributed by atoms with Gasteiger partial charge in [-0.1, -0.05) is 22.0 Å². The molecule has 0 aromatic heterocycles. The van der Waals surface area contributed by atoms with Crippen molar-refractivity contribution in [1.29, 1.82) is 0 Å². The van der Waals surface area contributed by atoms with E-state index in [1.807, 2.05) is 0 Å². The summed E-state index contributed by atoms with van der Waals surface area (Å²) in [5.74, 6) is -0.274. The summed E-state index contributed by atoms with van der Waals surface area (Å²) in [5.41, 5.74) is 0.543. The van der Waals surface area contributed by atoms with Crippen molar-refractivity contribution < 1.29 is 14.2 Å². The highest BCUT2D eigenvalue weighted by atomic mass is 79.9. The minimum atomic E-state index is -0.313. The van der Waals surface area contributed by atoms with E-state index in [9.17, 15) is 9.50 Å². The molecule has 1 saturated heterocycles. The van der Waals surface area contributed by atoms with Crippen LogP contribution in [0, 0.1) is 11.7 Å². The van der Waals surface area contributed by atoms with Gasteiger partial charge < -0.3 is 9.84 Å². The van der Waals surface area contributed by atoms with E-state index in [-0.39, 0.29) is 24.4 Å². The van der Waals surface area contributed by atoms with Gasteiger partial charge >= 0.3 is 0 Å². The van der Waals surface area contributed by atoms with Gasteiger partial charge in [0.25, 0.3) is 0 Å². The molecule has 0 saturated carbocycles. The van der Waals surface area contributed by atoms with E-state index in [0.29, 0.717) is 16.6 Å². The molecular weight excluding hydrogens is 275 g/mol. The third kappa shape index (κ3) is 2.44. The Balaban J connectivity index is 2.27. The lowest BCUT2D eigenvalue weighted by Crippen LogP contribution is -2.26. The van der Waals surface area contributed by atoms with Crippen LogP contribution in [0.4, 0.5) is 4.39 Å². The Morgan fingerprint density at radius 1 is 1.50 bits per heavy atom. The molecule has 1 aromatic rings. The minimum Gasteiger partial charge on any atom is -0.396 e. The van der Waals surface area contributed by atoms with Crippen molar-refractivity contribution >= 4 is 15.9 Å². The molecule has 16 heavy (non-hydrogen) atoms. The summed E-state index contributed by atoms with van der Waals surface area (Å²) >= 11 is 3.22. The monoisotopic (exact) mass is 288 g/mol. The zero-order valence-electron chi connectivity index (χ0n) is 8.83. The second-order valence-corrected chi connectivity index (χ2v) is 4.96. The molecular formula is C12H14BrFO2. The van der Waals surface area contributed by atoms with E-state index in [1.54, 1.807) is 12.1 Å². The van der Waals surface area contributed by atoms with Gasteiger partial charge in [0.2, 0.25) is 0 Å². The number of hydrogen-bond acceptors (Lipinski definition) is 2. The molecule has 0 aliphatic carbocycles. The molecule has 2 nitrogen and oxygen atoms in total. The lowest BCUT2D eigenvalue weighted by atomic mass is 9.90. The highest BCUT2D eigenvalue weighted by molar-refractivity contribution is 9.10. The van der Waals surface area contributed by atoms with Crippen LogP contribution in [0.1, 0.15) is 24.5 Å². The van der Waals surface area contributed by atoms with E-state index in [0.717, 1.165) is 12.8 Å². The van der Waals surface area contributed by atoms with Crippen LogP contribution in [0.3, 0.4) is 0 Å². The first kappa shape index (κ1) is 12.0. The van der Waals surface area contributed by atoms with Crippen LogP contribution in [0.2, 0.25) is 0 Å². The van der Waals surface area contributed by atoms with Gasteiger partial charge in [-0.2, -0.15) is 0 Å². The van der Waals surface area contributed by atoms with Crippen molar-refractivity contribution in [3.05, 3.63) is 34.1 Å². The number of aliphatic hydroxyl groups is 1. The van der Waals surface area contributed by atoms with Gasteiger partial charge in [-0.3, -0.25) is 0 Å². The van der Waals surface area contributed by atoms with Crippen molar-refractivity contribution in [3.63, 3.8) is 0 Å². The molecule has 0 amide bonds. The number of ether oxygens (including phenoxy) is 1. The molecule has 0 bridgehead atoms. The summed E-state index contributed by atoms with van der Waals surface area (Å²) in [6.45, 7) is 0.677. The second kappa shape index (κ2) is 5.25. The lowest BCUT2D eigenvalue weighted by Gasteiger charge is -2.31. The summed E-state index contributed by atoms with van der Waals surface area (Å²) in [6.07, 6.45) is 1.50. The van der Waals surface area contributed by atoms with Crippen molar-refractivity contribution in [3.8, 4) is 0 Å². The average Bonchev–Trinajstić information content (AvgIpc) is 2.29. The third-order valence-corrected chi connectivity index (χ3v) is 3.44. The van der Waals surface area contributed by atoms with Crippen LogP contribution in [-0.4, -0.2) is 18.3 Å². The first-order valence-electron chi connectivity index (χ1n) is 5.40. The van der Waals surface area contributed by atoms with E-state index >= 15 is 0 Å². The Morgan fingerprint density at radius 2 is 2.31 bits per heavy atom. The maximum absolute atomic E-state index is 13.8. The van der Waals surface area contributed by atoms with Gasteiger partial charge in [0.15, 0.2) is 0 Å². The fourth-order valence-corrected chi connectivity index (χ4v) is 2.44. The Hall–Kier alpha value is -0.450. The van der Waals surface area contributed by atoms with Crippen LogP contribution in [0.15, 0.2) is 22.7 Å². The number of benzene rings is 1. The number of halogens is 2. The number of rotatable bonds is 2. The van der Waals surface area contributed by atoms with Crippen LogP contribution < -0.4 is 0 Å². The Labute approximate surface area is 103 Å². The van der Waals surface area contributed by atoms with Crippen molar-refractivity contribution in [2.45, 2.75) is 18.9 Å². The zero-order chi connectivity index (χ0) is 11.5. The maximum atomic E-state index is 13.8. The number of aliphatic hydroxyl groups excluding tert-OH is 1. The van der Waals surface area contributed by atoms with Crippen molar-refractivity contribution in [2.75, 3.05) is 13.2 Å². The molecule has 1 heterocycles. The van der Waals surface area contributed by atoms with Gasteiger partial charge in [-0.25, -0.2) is 4.39 Å². The predicted molar refractivity (Wildman–Crippen MR) is 62.6 cm³/mol. The van der Waals surface area contributed by atoms with Gasteiger partial charge in [-0.15, -0.1) is 0 Å². The Bertz CT molecular complexity index is 370. The van der Waals surface area contributed by atoms with E-state index in [2.05, 4.69) is 15.9 Å². The summed E-state index contributed by atoms with van der Waals surface area (Å²) in [4.78, 5) is 0. The quantitative estimate of drug-likeness (QED) is 0.906. The van der Waals surface area contributed by atoms with Crippen LogP contribution in [-0.2, 0) is 4.74 Å². The van der Waals surface area contributed by atoms with Crippen molar-refractivity contribution in [2.24, 2.45) is 5.92 Å². The van der Waals surface area contributed by atoms with Crippen LogP contribution >= 0.6 is 15.9 Å². The molecule has 1 N–H and O–H groups in total. The van der Waals surface area contributed by atoms with Crippen LogP contribution in [0.25, 0.3) is 0 Å². The van der Waals surface area contributed by atoms with E-state index in [4.69, 9.17) is 4.74 Å². The minimum absolute atomic E-state index is 0.00410. The first-order chi connectivity index (χ1) is 7.72. The normalized spacial score (nSPS) is 25.7. The van der Waals surface area contributed by atoms with Gasteiger partial charge in [0.05, 0.1) is 6.10 Å².